The van der Waals surface area contributed by atoms with E-state index in [9.17, 15) is 9.50 Å². The Balaban J connectivity index is 2.41. The molecule has 0 aromatic heterocycles. The van der Waals surface area contributed by atoms with E-state index in [2.05, 4.69) is 18.7 Å². The fourth-order valence-corrected chi connectivity index (χ4v) is 3.20. The molecule has 0 saturated heterocycles. The average molecular weight is 279 g/mol. The van der Waals surface area contributed by atoms with Crippen molar-refractivity contribution in [3.05, 3.63) is 29.6 Å². The summed E-state index contributed by atoms with van der Waals surface area (Å²) < 4.78 is 14.4. The van der Waals surface area contributed by atoms with Gasteiger partial charge in [-0.1, -0.05) is 38.8 Å². The normalized spacial score (nSPS) is 17.7. The smallest absolute Gasteiger partial charge is 0.146 e. The van der Waals surface area contributed by atoms with Crippen LogP contribution < -0.4 is 4.90 Å². The van der Waals surface area contributed by atoms with Gasteiger partial charge in [-0.2, -0.15) is 0 Å². The summed E-state index contributed by atoms with van der Waals surface area (Å²) in [6.45, 7) is 6.86. The molecular formula is C17H26FNO. The summed E-state index contributed by atoms with van der Waals surface area (Å²) in [7, 11) is 0. The number of nitrogens with zero attached hydrogens (tertiary/aromatic N) is 1. The monoisotopic (exact) mass is 279 g/mol. The van der Waals surface area contributed by atoms with Crippen LogP contribution in [0.3, 0.4) is 0 Å². The van der Waals surface area contributed by atoms with Gasteiger partial charge in [-0.15, -0.1) is 0 Å². The molecule has 1 fully saturated rings. The maximum atomic E-state index is 14.4. The minimum absolute atomic E-state index is 0.212. The van der Waals surface area contributed by atoms with Crippen molar-refractivity contribution in [3.63, 3.8) is 0 Å². The van der Waals surface area contributed by atoms with Crippen molar-refractivity contribution in [3.8, 4) is 0 Å². The lowest BCUT2D eigenvalue weighted by atomic mass is 10.0. The number of benzene rings is 1. The Morgan fingerprint density at radius 1 is 1.25 bits per heavy atom. The van der Waals surface area contributed by atoms with E-state index in [0.717, 1.165) is 19.4 Å². The minimum Gasteiger partial charge on any atom is -0.389 e. The third-order valence-corrected chi connectivity index (χ3v) is 4.08. The Morgan fingerprint density at radius 3 is 2.45 bits per heavy atom. The molecule has 0 aliphatic heterocycles. The van der Waals surface area contributed by atoms with E-state index in [1.807, 2.05) is 6.07 Å². The van der Waals surface area contributed by atoms with E-state index in [4.69, 9.17) is 0 Å². The second-order valence-corrected chi connectivity index (χ2v) is 6.34. The highest BCUT2D eigenvalue weighted by molar-refractivity contribution is 5.56. The molecule has 1 aromatic rings. The van der Waals surface area contributed by atoms with Crippen LogP contribution in [0.15, 0.2) is 18.2 Å². The number of aliphatic hydroxyl groups is 1. The van der Waals surface area contributed by atoms with Crippen LogP contribution in [0, 0.1) is 11.7 Å². The van der Waals surface area contributed by atoms with Gasteiger partial charge >= 0.3 is 0 Å². The van der Waals surface area contributed by atoms with Gasteiger partial charge in [0.1, 0.15) is 5.82 Å². The van der Waals surface area contributed by atoms with E-state index >= 15 is 0 Å². The van der Waals surface area contributed by atoms with Crippen molar-refractivity contribution in [1.82, 2.24) is 0 Å². The van der Waals surface area contributed by atoms with Crippen molar-refractivity contribution in [2.75, 3.05) is 11.4 Å². The first-order chi connectivity index (χ1) is 9.50. The highest BCUT2D eigenvalue weighted by atomic mass is 19.1. The number of anilines is 1. The summed E-state index contributed by atoms with van der Waals surface area (Å²) >= 11 is 0. The van der Waals surface area contributed by atoms with E-state index in [1.54, 1.807) is 13.0 Å². The zero-order chi connectivity index (χ0) is 14.7. The van der Waals surface area contributed by atoms with Crippen molar-refractivity contribution in [2.24, 2.45) is 5.92 Å². The topological polar surface area (TPSA) is 23.5 Å². The Labute approximate surface area is 121 Å². The van der Waals surface area contributed by atoms with Gasteiger partial charge in [0.15, 0.2) is 0 Å². The lowest BCUT2D eigenvalue weighted by molar-refractivity contribution is 0.199. The molecule has 1 saturated carbocycles. The zero-order valence-corrected chi connectivity index (χ0v) is 12.8. The molecule has 1 unspecified atom stereocenters. The Kier molecular flexibility index (Phi) is 5.03. The van der Waals surface area contributed by atoms with Crippen LogP contribution in [0.5, 0.6) is 0 Å². The molecule has 1 aliphatic rings. The number of hydrogen-bond acceptors (Lipinski definition) is 2. The summed E-state index contributed by atoms with van der Waals surface area (Å²) in [5.41, 5.74) is 1.32. The van der Waals surface area contributed by atoms with Gasteiger partial charge in [0.05, 0.1) is 11.8 Å². The largest absolute Gasteiger partial charge is 0.389 e. The van der Waals surface area contributed by atoms with Crippen LogP contribution in [0.1, 0.15) is 58.1 Å². The summed E-state index contributed by atoms with van der Waals surface area (Å²) in [6.07, 6.45) is 4.05. The number of hydrogen-bond donors (Lipinski definition) is 1. The molecule has 0 radical (unpaired) electrons. The first-order valence-electron chi connectivity index (χ1n) is 7.73. The molecule has 0 bridgehead atoms. The van der Waals surface area contributed by atoms with Crippen LogP contribution in [0.2, 0.25) is 0 Å². The molecule has 1 aliphatic carbocycles. The SMILES string of the molecule is CC(C)CN(c1c(F)cccc1C(C)O)C1CCCC1. The maximum Gasteiger partial charge on any atom is 0.146 e. The second-order valence-electron chi connectivity index (χ2n) is 6.34. The molecule has 1 N–H and O–H groups in total. The van der Waals surface area contributed by atoms with Crippen LogP contribution in [-0.2, 0) is 0 Å². The van der Waals surface area contributed by atoms with Crippen LogP contribution in [0.25, 0.3) is 0 Å². The van der Waals surface area contributed by atoms with E-state index < -0.39 is 6.10 Å². The summed E-state index contributed by atoms with van der Waals surface area (Å²) in [5, 5.41) is 9.96. The fraction of sp³-hybridized carbons (Fsp3) is 0.647. The average Bonchev–Trinajstić information content (AvgIpc) is 2.89. The van der Waals surface area contributed by atoms with E-state index in [0.29, 0.717) is 23.2 Å². The predicted molar refractivity (Wildman–Crippen MR) is 81.5 cm³/mol. The van der Waals surface area contributed by atoms with Gasteiger partial charge in [0, 0.05) is 18.2 Å². The van der Waals surface area contributed by atoms with Gasteiger partial charge in [0.2, 0.25) is 0 Å². The first kappa shape index (κ1) is 15.3. The number of para-hydroxylation sites is 1. The summed E-state index contributed by atoms with van der Waals surface area (Å²) in [5.74, 6) is 0.257. The van der Waals surface area contributed by atoms with Gasteiger partial charge in [-0.05, 0) is 31.7 Å². The number of halogens is 1. The quantitative estimate of drug-likeness (QED) is 0.869. The third-order valence-electron chi connectivity index (χ3n) is 4.08. The highest BCUT2D eigenvalue weighted by Crippen LogP contribution is 2.35. The van der Waals surface area contributed by atoms with E-state index in [-0.39, 0.29) is 5.82 Å². The lowest BCUT2D eigenvalue weighted by Gasteiger charge is -2.35. The molecule has 0 amide bonds. The standard InChI is InChI=1S/C17H26FNO/c1-12(2)11-19(14-7-4-5-8-14)17-15(13(3)20)9-6-10-16(17)18/h6,9-10,12-14,20H,4-5,7-8,11H2,1-3H3. The predicted octanol–water partition coefficient (Wildman–Crippen LogP) is 4.28. The third kappa shape index (κ3) is 3.32. The van der Waals surface area contributed by atoms with Crippen molar-refractivity contribution in [2.45, 2.75) is 58.6 Å². The fourth-order valence-electron chi connectivity index (χ4n) is 3.20. The number of rotatable bonds is 5. The molecule has 2 rings (SSSR count). The minimum atomic E-state index is -0.642. The highest BCUT2D eigenvalue weighted by Gasteiger charge is 2.28. The van der Waals surface area contributed by atoms with Crippen LogP contribution in [0.4, 0.5) is 10.1 Å². The Hall–Kier alpha value is -1.09. The van der Waals surface area contributed by atoms with Crippen molar-refractivity contribution >= 4 is 5.69 Å². The zero-order valence-electron chi connectivity index (χ0n) is 12.8. The molecule has 2 nitrogen and oxygen atoms in total. The van der Waals surface area contributed by atoms with Crippen molar-refractivity contribution in [1.29, 1.82) is 0 Å². The first-order valence-corrected chi connectivity index (χ1v) is 7.73. The van der Waals surface area contributed by atoms with Crippen LogP contribution in [-0.4, -0.2) is 17.7 Å². The molecule has 1 atom stereocenters. The Bertz CT molecular complexity index is 439. The van der Waals surface area contributed by atoms with E-state index in [1.165, 1.54) is 18.9 Å². The molecule has 1 aromatic carbocycles. The lowest BCUT2D eigenvalue weighted by Crippen LogP contribution is -2.37. The molecule has 20 heavy (non-hydrogen) atoms. The maximum absolute atomic E-state index is 14.4. The molecule has 3 heteroatoms. The Morgan fingerprint density at radius 2 is 1.90 bits per heavy atom. The molecule has 112 valence electrons. The summed E-state index contributed by atoms with van der Waals surface area (Å²) in [4.78, 5) is 2.20. The van der Waals surface area contributed by atoms with Gasteiger partial charge in [-0.25, -0.2) is 4.39 Å². The van der Waals surface area contributed by atoms with Gasteiger partial charge in [-0.3, -0.25) is 0 Å². The second kappa shape index (κ2) is 6.57. The molecule has 0 heterocycles. The van der Waals surface area contributed by atoms with Gasteiger partial charge in [0.25, 0.3) is 0 Å². The number of aliphatic hydroxyl groups excluding tert-OH is 1. The molecule has 0 spiro atoms. The van der Waals surface area contributed by atoms with Crippen molar-refractivity contribution < 1.29 is 9.50 Å². The van der Waals surface area contributed by atoms with Gasteiger partial charge < -0.3 is 10.0 Å². The summed E-state index contributed by atoms with van der Waals surface area (Å²) in [6, 6.07) is 5.43. The molecular weight excluding hydrogens is 253 g/mol. The van der Waals surface area contributed by atoms with Crippen LogP contribution >= 0.6 is 0 Å².